The van der Waals surface area contributed by atoms with Crippen molar-refractivity contribution in [3.8, 4) is 0 Å². The number of nitrogens with one attached hydrogen (secondary N) is 2. The second-order valence-corrected chi connectivity index (χ2v) is 5.85. The van der Waals surface area contributed by atoms with Crippen LogP contribution in [0.4, 0.5) is 5.82 Å². The Labute approximate surface area is 128 Å². The van der Waals surface area contributed by atoms with Gasteiger partial charge in [-0.1, -0.05) is 30.3 Å². The van der Waals surface area contributed by atoms with Gasteiger partial charge in [0.05, 0.1) is 0 Å². The largest absolute Gasteiger partial charge is 0.332 e. The van der Waals surface area contributed by atoms with Crippen LogP contribution in [0.5, 0.6) is 0 Å². The van der Waals surface area contributed by atoms with Gasteiger partial charge in [0.1, 0.15) is 24.0 Å². The van der Waals surface area contributed by atoms with E-state index < -0.39 is 0 Å². The van der Waals surface area contributed by atoms with Crippen LogP contribution in [0.25, 0.3) is 0 Å². The summed E-state index contributed by atoms with van der Waals surface area (Å²) in [6.07, 6.45) is 0. The van der Waals surface area contributed by atoms with Crippen molar-refractivity contribution >= 4 is 5.82 Å². The number of quaternary nitrogens is 1. The van der Waals surface area contributed by atoms with Crippen molar-refractivity contribution < 1.29 is 4.90 Å². The SMILES string of the molecule is C[C@@H](c1ccccc1)[NH+]1CNc2c(c(=O)n(C)c(=O)n2C)C1. The number of rotatable bonds is 2. The van der Waals surface area contributed by atoms with E-state index >= 15 is 0 Å². The lowest BCUT2D eigenvalue weighted by Crippen LogP contribution is -3.12. The Morgan fingerprint density at radius 2 is 1.82 bits per heavy atom. The molecule has 1 aliphatic heterocycles. The summed E-state index contributed by atoms with van der Waals surface area (Å²) in [4.78, 5) is 25.6. The summed E-state index contributed by atoms with van der Waals surface area (Å²) >= 11 is 0. The molecular weight excluding hydrogens is 280 g/mol. The van der Waals surface area contributed by atoms with Gasteiger partial charge in [-0.05, 0) is 6.92 Å². The average Bonchev–Trinajstić information content (AvgIpc) is 2.57. The zero-order chi connectivity index (χ0) is 15.9. The lowest BCUT2D eigenvalue weighted by molar-refractivity contribution is -0.941. The molecule has 116 valence electrons. The number of fused-ring (bicyclic) bond motifs is 1. The van der Waals surface area contributed by atoms with Gasteiger partial charge in [-0.15, -0.1) is 0 Å². The van der Waals surface area contributed by atoms with Crippen LogP contribution in [-0.2, 0) is 20.6 Å². The fourth-order valence-electron chi connectivity index (χ4n) is 3.07. The van der Waals surface area contributed by atoms with Gasteiger partial charge in [0.2, 0.25) is 0 Å². The molecule has 0 spiro atoms. The van der Waals surface area contributed by atoms with Gasteiger partial charge >= 0.3 is 5.69 Å². The summed E-state index contributed by atoms with van der Waals surface area (Å²) in [6, 6.07) is 10.5. The first-order valence-electron chi connectivity index (χ1n) is 7.43. The maximum atomic E-state index is 12.4. The van der Waals surface area contributed by atoms with Gasteiger partial charge in [0, 0.05) is 19.7 Å². The normalized spacial score (nSPS) is 18.4. The van der Waals surface area contributed by atoms with E-state index in [1.165, 1.54) is 26.6 Å². The monoisotopic (exact) mass is 301 g/mol. The number of aromatic nitrogens is 2. The van der Waals surface area contributed by atoms with Gasteiger partial charge in [-0.25, -0.2) is 4.79 Å². The highest BCUT2D eigenvalue weighted by atomic mass is 16.2. The number of benzene rings is 1. The number of hydrogen-bond donors (Lipinski definition) is 2. The summed E-state index contributed by atoms with van der Waals surface area (Å²) in [5.74, 6) is 0.650. The van der Waals surface area contributed by atoms with Crippen LogP contribution in [0.15, 0.2) is 39.9 Å². The van der Waals surface area contributed by atoms with E-state index in [0.29, 0.717) is 24.6 Å². The number of hydrogen-bond acceptors (Lipinski definition) is 3. The Bertz CT molecular complexity index is 807. The molecular formula is C16H21N4O2+. The molecule has 1 unspecified atom stereocenters. The standard InChI is InChI=1S/C16H20N4O2/c1-11(12-7-5-4-6-8-12)20-9-13-14(17-10-20)18(2)16(22)19(3)15(13)21/h4-8,11,17H,9-10H2,1-3H3/p+1/t11-/m0/s1. The smallest absolute Gasteiger partial charge is 0.324 e. The van der Waals surface area contributed by atoms with E-state index in [2.05, 4.69) is 24.4 Å². The Hall–Kier alpha value is -2.34. The second kappa shape index (κ2) is 5.46. The van der Waals surface area contributed by atoms with Gasteiger partial charge < -0.3 is 10.2 Å². The lowest BCUT2D eigenvalue weighted by Gasteiger charge is -2.32. The van der Waals surface area contributed by atoms with E-state index in [4.69, 9.17) is 0 Å². The molecule has 0 radical (unpaired) electrons. The van der Waals surface area contributed by atoms with Crippen molar-refractivity contribution in [3.63, 3.8) is 0 Å². The molecule has 0 aliphatic carbocycles. The summed E-state index contributed by atoms with van der Waals surface area (Å²) < 4.78 is 2.69. The van der Waals surface area contributed by atoms with Gasteiger partial charge in [0.15, 0.2) is 6.67 Å². The van der Waals surface area contributed by atoms with Crippen LogP contribution in [0, 0.1) is 0 Å². The lowest BCUT2D eigenvalue weighted by atomic mass is 10.1. The highest BCUT2D eigenvalue weighted by molar-refractivity contribution is 5.44. The molecule has 0 amide bonds. The Morgan fingerprint density at radius 1 is 1.14 bits per heavy atom. The second-order valence-electron chi connectivity index (χ2n) is 5.85. The minimum atomic E-state index is -0.296. The van der Waals surface area contributed by atoms with Gasteiger partial charge in [-0.3, -0.25) is 13.9 Å². The fraction of sp³-hybridized carbons (Fsp3) is 0.375. The summed E-state index contributed by atoms with van der Waals surface area (Å²) in [5, 5.41) is 3.25. The molecule has 0 bridgehead atoms. The van der Waals surface area contributed by atoms with Crippen LogP contribution in [0.1, 0.15) is 24.1 Å². The van der Waals surface area contributed by atoms with Crippen molar-refractivity contribution in [3.05, 3.63) is 62.3 Å². The molecule has 1 aliphatic rings. The molecule has 1 aromatic carbocycles. The fourth-order valence-corrected chi connectivity index (χ4v) is 3.07. The predicted molar refractivity (Wildman–Crippen MR) is 84.9 cm³/mol. The van der Waals surface area contributed by atoms with E-state index in [0.717, 1.165) is 0 Å². The molecule has 2 atom stereocenters. The predicted octanol–water partition coefficient (Wildman–Crippen LogP) is -0.387. The van der Waals surface area contributed by atoms with Crippen LogP contribution in [0.3, 0.4) is 0 Å². The topological polar surface area (TPSA) is 60.5 Å². The Balaban J connectivity index is 1.98. The molecule has 2 N–H and O–H groups in total. The number of nitrogens with zero attached hydrogens (tertiary/aromatic N) is 2. The van der Waals surface area contributed by atoms with E-state index in [1.807, 2.05) is 18.2 Å². The molecule has 0 saturated heterocycles. The zero-order valence-corrected chi connectivity index (χ0v) is 13.1. The quantitative estimate of drug-likeness (QED) is 0.794. The van der Waals surface area contributed by atoms with E-state index in [1.54, 1.807) is 7.05 Å². The molecule has 0 fully saturated rings. The van der Waals surface area contributed by atoms with Gasteiger partial charge in [0.25, 0.3) is 5.56 Å². The average molecular weight is 301 g/mol. The third kappa shape index (κ3) is 2.25. The van der Waals surface area contributed by atoms with Gasteiger partial charge in [-0.2, -0.15) is 0 Å². The molecule has 2 heterocycles. The number of anilines is 1. The van der Waals surface area contributed by atoms with Crippen LogP contribution in [-0.4, -0.2) is 15.8 Å². The summed E-state index contributed by atoms with van der Waals surface area (Å²) in [5.41, 5.74) is 1.41. The third-order valence-electron chi connectivity index (χ3n) is 4.56. The Morgan fingerprint density at radius 3 is 2.50 bits per heavy atom. The maximum absolute atomic E-state index is 12.4. The summed E-state index contributed by atoms with van der Waals surface area (Å²) in [6.45, 7) is 3.45. The van der Waals surface area contributed by atoms with Crippen LogP contribution >= 0.6 is 0 Å². The van der Waals surface area contributed by atoms with Crippen molar-refractivity contribution in [2.75, 3.05) is 12.0 Å². The molecule has 22 heavy (non-hydrogen) atoms. The maximum Gasteiger partial charge on any atom is 0.332 e. The van der Waals surface area contributed by atoms with Crippen molar-refractivity contribution in [2.45, 2.75) is 19.5 Å². The third-order valence-corrected chi connectivity index (χ3v) is 4.56. The zero-order valence-electron chi connectivity index (χ0n) is 13.1. The molecule has 3 rings (SSSR count). The van der Waals surface area contributed by atoms with Crippen LogP contribution in [0.2, 0.25) is 0 Å². The molecule has 1 aromatic heterocycles. The molecule has 6 nitrogen and oxygen atoms in total. The highest BCUT2D eigenvalue weighted by Gasteiger charge is 2.29. The van der Waals surface area contributed by atoms with Crippen molar-refractivity contribution in [1.29, 1.82) is 0 Å². The molecule has 6 heteroatoms. The summed E-state index contributed by atoms with van der Waals surface area (Å²) in [7, 11) is 3.22. The van der Waals surface area contributed by atoms with E-state index in [9.17, 15) is 9.59 Å². The first-order valence-corrected chi connectivity index (χ1v) is 7.43. The van der Waals surface area contributed by atoms with Crippen LogP contribution < -0.4 is 21.5 Å². The minimum Gasteiger partial charge on any atom is -0.324 e. The molecule has 2 aromatic rings. The Kier molecular flexibility index (Phi) is 3.62. The highest BCUT2D eigenvalue weighted by Crippen LogP contribution is 2.13. The minimum absolute atomic E-state index is 0.205. The van der Waals surface area contributed by atoms with Crippen molar-refractivity contribution in [1.82, 2.24) is 9.13 Å². The first kappa shape index (κ1) is 14.6. The molecule has 0 saturated carbocycles. The van der Waals surface area contributed by atoms with E-state index in [-0.39, 0.29) is 17.3 Å². The van der Waals surface area contributed by atoms with Crippen molar-refractivity contribution in [2.24, 2.45) is 14.1 Å². The first-order chi connectivity index (χ1) is 10.5.